The summed E-state index contributed by atoms with van der Waals surface area (Å²) < 4.78 is 0. The number of rotatable bonds is 3. The Labute approximate surface area is 101 Å². The average molecular weight is 254 g/mol. The summed E-state index contributed by atoms with van der Waals surface area (Å²) >= 11 is 7.22. The van der Waals surface area contributed by atoms with Crippen LogP contribution in [0.2, 0.25) is 5.02 Å². The molecule has 0 aliphatic heterocycles. The Kier molecular flexibility index (Phi) is 3.22. The fourth-order valence-electron chi connectivity index (χ4n) is 1.37. The average Bonchev–Trinajstić information content (AvgIpc) is 2.66. The Morgan fingerprint density at radius 1 is 1.38 bits per heavy atom. The molecule has 0 radical (unpaired) electrons. The smallest absolute Gasteiger partial charge is 0.309 e. The second kappa shape index (κ2) is 4.63. The maximum atomic E-state index is 10.6. The maximum Gasteiger partial charge on any atom is 0.309 e. The van der Waals surface area contributed by atoms with Crippen LogP contribution in [0.5, 0.6) is 0 Å². The van der Waals surface area contributed by atoms with E-state index in [0.717, 1.165) is 10.4 Å². The van der Waals surface area contributed by atoms with Crippen molar-refractivity contribution in [1.82, 2.24) is 4.98 Å². The van der Waals surface area contributed by atoms with Crippen molar-refractivity contribution >= 4 is 28.9 Å². The number of carbonyl (C=O) groups is 1. The van der Waals surface area contributed by atoms with E-state index in [2.05, 4.69) is 4.98 Å². The summed E-state index contributed by atoms with van der Waals surface area (Å²) in [5.74, 6) is -0.874. The van der Waals surface area contributed by atoms with Gasteiger partial charge in [0.25, 0.3) is 0 Å². The summed E-state index contributed by atoms with van der Waals surface area (Å²) in [4.78, 5) is 15.6. The third-order valence-electron chi connectivity index (χ3n) is 2.07. The van der Waals surface area contributed by atoms with Crippen LogP contribution >= 0.6 is 22.9 Å². The lowest BCUT2D eigenvalue weighted by molar-refractivity contribution is -0.136. The number of carboxylic acid groups (broad SMARTS) is 1. The normalized spacial score (nSPS) is 10.3. The predicted octanol–water partition coefficient (Wildman–Crippen LogP) is 3.09. The zero-order valence-corrected chi connectivity index (χ0v) is 9.76. The molecule has 0 atom stereocenters. The van der Waals surface area contributed by atoms with Gasteiger partial charge in [0.05, 0.1) is 22.5 Å². The molecule has 0 fully saturated rings. The Morgan fingerprint density at radius 3 is 2.69 bits per heavy atom. The van der Waals surface area contributed by atoms with Gasteiger partial charge in [-0.2, -0.15) is 0 Å². The van der Waals surface area contributed by atoms with Gasteiger partial charge in [0.15, 0.2) is 0 Å². The Morgan fingerprint density at radius 2 is 2.06 bits per heavy atom. The molecule has 0 aliphatic rings. The molecule has 2 rings (SSSR count). The van der Waals surface area contributed by atoms with Crippen molar-refractivity contribution in [2.75, 3.05) is 0 Å². The number of hydrogen-bond acceptors (Lipinski definition) is 3. The van der Waals surface area contributed by atoms with E-state index in [0.29, 0.717) is 10.7 Å². The Bertz CT molecular complexity index is 507. The highest BCUT2D eigenvalue weighted by atomic mass is 35.5. The molecule has 0 bridgehead atoms. The minimum atomic E-state index is -0.874. The molecule has 0 unspecified atom stereocenters. The van der Waals surface area contributed by atoms with Crippen molar-refractivity contribution in [3.8, 4) is 10.4 Å². The lowest BCUT2D eigenvalue weighted by Crippen LogP contribution is -2.01. The van der Waals surface area contributed by atoms with E-state index in [9.17, 15) is 4.79 Å². The minimum Gasteiger partial charge on any atom is -0.481 e. The van der Waals surface area contributed by atoms with Crippen molar-refractivity contribution in [3.05, 3.63) is 40.5 Å². The van der Waals surface area contributed by atoms with Gasteiger partial charge in [-0.1, -0.05) is 23.7 Å². The lowest BCUT2D eigenvalue weighted by atomic mass is 10.1. The van der Waals surface area contributed by atoms with Crippen LogP contribution in [0, 0.1) is 0 Å². The number of thiazole rings is 1. The molecule has 82 valence electrons. The molecule has 16 heavy (non-hydrogen) atoms. The van der Waals surface area contributed by atoms with Crippen molar-refractivity contribution < 1.29 is 9.90 Å². The molecule has 1 aromatic carbocycles. The second-order valence-corrected chi connectivity index (χ2v) is 4.50. The van der Waals surface area contributed by atoms with Crippen molar-refractivity contribution in [3.63, 3.8) is 0 Å². The highest BCUT2D eigenvalue weighted by Gasteiger charge is 2.11. The van der Waals surface area contributed by atoms with Crippen LogP contribution < -0.4 is 0 Å². The number of aliphatic carboxylic acids is 1. The van der Waals surface area contributed by atoms with Gasteiger partial charge < -0.3 is 5.11 Å². The molecule has 3 nitrogen and oxygen atoms in total. The highest BCUT2D eigenvalue weighted by molar-refractivity contribution is 7.13. The second-order valence-electron chi connectivity index (χ2n) is 3.21. The Hall–Kier alpha value is -1.39. The molecule has 1 aromatic heterocycles. The van der Waals surface area contributed by atoms with E-state index in [1.165, 1.54) is 11.3 Å². The molecule has 0 saturated heterocycles. The molecule has 5 heteroatoms. The first-order chi connectivity index (χ1) is 7.66. The van der Waals surface area contributed by atoms with Crippen LogP contribution in [0.25, 0.3) is 10.4 Å². The predicted molar refractivity (Wildman–Crippen MR) is 63.9 cm³/mol. The molecule has 1 N–H and O–H groups in total. The first-order valence-corrected chi connectivity index (χ1v) is 5.82. The number of hydrogen-bond donors (Lipinski definition) is 1. The SMILES string of the molecule is O=C(O)Cc1ncsc1-c1ccc(Cl)cc1. The van der Waals surface area contributed by atoms with Gasteiger partial charge in [0.2, 0.25) is 0 Å². The minimum absolute atomic E-state index is 0.0541. The standard InChI is InChI=1S/C11H8ClNO2S/c12-8-3-1-7(2-4-8)11-9(5-10(14)15)13-6-16-11/h1-4,6H,5H2,(H,14,15). The number of carboxylic acids is 1. The van der Waals surface area contributed by atoms with Crippen LogP contribution in [-0.2, 0) is 11.2 Å². The number of halogens is 1. The van der Waals surface area contributed by atoms with E-state index < -0.39 is 5.97 Å². The van der Waals surface area contributed by atoms with Crippen LogP contribution in [0.1, 0.15) is 5.69 Å². The van der Waals surface area contributed by atoms with Gasteiger partial charge in [-0.3, -0.25) is 4.79 Å². The van der Waals surface area contributed by atoms with Gasteiger partial charge in [-0.15, -0.1) is 11.3 Å². The fraction of sp³-hybridized carbons (Fsp3) is 0.0909. The number of benzene rings is 1. The van der Waals surface area contributed by atoms with E-state index in [4.69, 9.17) is 16.7 Å². The summed E-state index contributed by atoms with van der Waals surface area (Å²) in [6, 6.07) is 7.28. The third kappa shape index (κ3) is 2.40. The first-order valence-electron chi connectivity index (χ1n) is 4.57. The third-order valence-corrected chi connectivity index (χ3v) is 3.24. The zero-order chi connectivity index (χ0) is 11.5. The van der Waals surface area contributed by atoms with Gasteiger partial charge in [0.1, 0.15) is 0 Å². The summed E-state index contributed by atoms with van der Waals surface area (Å²) in [6.07, 6.45) is -0.0541. The van der Waals surface area contributed by atoms with E-state index in [1.807, 2.05) is 12.1 Å². The summed E-state index contributed by atoms with van der Waals surface area (Å²) in [5, 5.41) is 9.40. The largest absolute Gasteiger partial charge is 0.481 e. The van der Waals surface area contributed by atoms with Crippen LogP contribution in [0.15, 0.2) is 29.8 Å². The summed E-state index contributed by atoms with van der Waals surface area (Å²) in [6.45, 7) is 0. The van der Waals surface area contributed by atoms with E-state index in [1.54, 1.807) is 17.6 Å². The molecular weight excluding hydrogens is 246 g/mol. The molecular formula is C11H8ClNO2S. The quantitative estimate of drug-likeness (QED) is 0.915. The van der Waals surface area contributed by atoms with Crippen molar-refractivity contribution in [1.29, 1.82) is 0 Å². The monoisotopic (exact) mass is 253 g/mol. The van der Waals surface area contributed by atoms with Crippen LogP contribution in [-0.4, -0.2) is 16.1 Å². The van der Waals surface area contributed by atoms with Gasteiger partial charge in [-0.05, 0) is 17.7 Å². The topological polar surface area (TPSA) is 50.2 Å². The summed E-state index contributed by atoms with van der Waals surface area (Å²) in [5.41, 5.74) is 3.20. The molecule has 0 spiro atoms. The van der Waals surface area contributed by atoms with Crippen LogP contribution in [0.3, 0.4) is 0 Å². The first kappa shape index (κ1) is 11.1. The zero-order valence-electron chi connectivity index (χ0n) is 8.18. The molecule has 1 heterocycles. The van der Waals surface area contributed by atoms with Gasteiger partial charge in [0, 0.05) is 5.02 Å². The maximum absolute atomic E-state index is 10.6. The van der Waals surface area contributed by atoms with Crippen molar-refractivity contribution in [2.24, 2.45) is 0 Å². The number of nitrogens with zero attached hydrogens (tertiary/aromatic N) is 1. The molecule has 0 saturated carbocycles. The lowest BCUT2D eigenvalue weighted by Gasteiger charge is -2.00. The van der Waals surface area contributed by atoms with Gasteiger partial charge >= 0.3 is 5.97 Å². The van der Waals surface area contributed by atoms with E-state index >= 15 is 0 Å². The molecule has 2 aromatic rings. The highest BCUT2D eigenvalue weighted by Crippen LogP contribution is 2.28. The fourth-order valence-corrected chi connectivity index (χ4v) is 2.32. The number of aromatic nitrogens is 1. The summed E-state index contributed by atoms with van der Waals surface area (Å²) in [7, 11) is 0. The van der Waals surface area contributed by atoms with Crippen molar-refractivity contribution in [2.45, 2.75) is 6.42 Å². The Balaban J connectivity index is 2.36. The molecule has 0 aliphatic carbocycles. The van der Waals surface area contributed by atoms with Crippen LogP contribution in [0.4, 0.5) is 0 Å². The van der Waals surface area contributed by atoms with Gasteiger partial charge in [-0.25, -0.2) is 4.98 Å². The molecule has 0 amide bonds. The van der Waals surface area contributed by atoms with E-state index in [-0.39, 0.29) is 6.42 Å².